The van der Waals surface area contributed by atoms with Gasteiger partial charge in [-0.25, -0.2) is 14.6 Å². The molecular weight excluding hydrogens is 322 g/mol. The van der Waals surface area contributed by atoms with Crippen LogP contribution in [-0.2, 0) is 11.3 Å². The van der Waals surface area contributed by atoms with Crippen molar-refractivity contribution in [3.05, 3.63) is 59.2 Å². The van der Waals surface area contributed by atoms with Crippen LogP contribution in [0.4, 0.5) is 5.95 Å². The van der Waals surface area contributed by atoms with E-state index in [9.17, 15) is 9.59 Å². The molecule has 3 aromatic rings. The van der Waals surface area contributed by atoms with E-state index < -0.39 is 5.97 Å². The summed E-state index contributed by atoms with van der Waals surface area (Å²) in [5.74, 6) is -0.770. The van der Waals surface area contributed by atoms with Gasteiger partial charge in [-0.15, -0.1) is 0 Å². The number of hydrogen-bond donors (Lipinski definition) is 3. The van der Waals surface area contributed by atoms with Crippen molar-refractivity contribution in [1.29, 1.82) is 0 Å². The second kappa shape index (κ2) is 7.04. The number of H-pyrrole nitrogens is 1. The Balaban J connectivity index is 1.68. The third-order valence-corrected chi connectivity index (χ3v) is 3.65. The van der Waals surface area contributed by atoms with Crippen molar-refractivity contribution in [3.8, 4) is 0 Å². The first-order valence-corrected chi connectivity index (χ1v) is 7.80. The van der Waals surface area contributed by atoms with Gasteiger partial charge in [0, 0.05) is 6.54 Å². The molecule has 0 aliphatic rings. The van der Waals surface area contributed by atoms with Crippen LogP contribution < -0.4 is 5.32 Å². The number of nitrogens with zero attached hydrogens (tertiary/aromatic N) is 1. The van der Waals surface area contributed by atoms with Crippen LogP contribution in [0.1, 0.15) is 33.2 Å². The average Bonchev–Trinajstić information content (AvgIpc) is 3.02. The summed E-state index contributed by atoms with van der Waals surface area (Å²) in [6.45, 7) is 2.62. The topological polar surface area (TPSA) is 104 Å². The Morgan fingerprint density at radius 2 is 1.88 bits per heavy atom. The highest BCUT2D eigenvalue weighted by atomic mass is 16.5. The average molecular weight is 339 g/mol. The molecule has 0 spiro atoms. The Hall–Kier alpha value is -3.35. The summed E-state index contributed by atoms with van der Waals surface area (Å²) in [6, 6.07) is 11.8. The van der Waals surface area contributed by atoms with Crippen LogP contribution in [0.2, 0.25) is 0 Å². The Kier molecular flexibility index (Phi) is 4.65. The van der Waals surface area contributed by atoms with Crippen molar-refractivity contribution in [2.24, 2.45) is 0 Å². The lowest BCUT2D eigenvalue weighted by molar-refractivity contribution is 0.0526. The van der Waals surface area contributed by atoms with Crippen LogP contribution in [0.3, 0.4) is 0 Å². The summed E-state index contributed by atoms with van der Waals surface area (Å²) in [5, 5.41) is 12.2. The summed E-state index contributed by atoms with van der Waals surface area (Å²) >= 11 is 0. The molecule has 7 heteroatoms. The van der Waals surface area contributed by atoms with Gasteiger partial charge >= 0.3 is 11.9 Å². The van der Waals surface area contributed by atoms with Gasteiger partial charge in [0.25, 0.3) is 0 Å². The fourth-order valence-corrected chi connectivity index (χ4v) is 2.39. The number of esters is 1. The molecule has 0 aliphatic heterocycles. The monoisotopic (exact) mass is 339 g/mol. The third kappa shape index (κ3) is 3.77. The van der Waals surface area contributed by atoms with Gasteiger partial charge in [-0.05, 0) is 42.8 Å². The van der Waals surface area contributed by atoms with Crippen LogP contribution in [0.15, 0.2) is 42.5 Å². The number of aromatic amines is 1. The Morgan fingerprint density at radius 3 is 2.56 bits per heavy atom. The quantitative estimate of drug-likeness (QED) is 0.596. The molecular formula is C18H17N3O4. The molecule has 2 aromatic carbocycles. The van der Waals surface area contributed by atoms with E-state index in [2.05, 4.69) is 15.3 Å². The minimum atomic E-state index is -0.979. The van der Waals surface area contributed by atoms with Gasteiger partial charge < -0.3 is 20.1 Å². The van der Waals surface area contributed by atoms with Crippen molar-refractivity contribution in [2.45, 2.75) is 13.5 Å². The van der Waals surface area contributed by atoms with E-state index in [1.54, 1.807) is 31.2 Å². The summed E-state index contributed by atoms with van der Waals surface area (Å²) in [5.41, 5.74) is 3.03. The number of carbonyl (C=O) groups is 2. The van der Waals surface area contributed by atoms with Crippen LogP contribution in [-0.4, -0.2) is 33.6 Å². The molecule has 0 saturated carbocycles. The summed E-state index contributed by atoms with van der Waals surface area (Å²) < 4.78 is 4.95. The first-order chi connectivity index (χ1) is 12.1. The molecule has 3 N–H and O–H groups in total. The number of benzene rings is 2. The summed E-state index contributed by atoms with van der Waals surface area (Å²) in [4.78, 5) is 30.0. The highest BCUT2D eigenvalue weighted by Gasteiger charge is 2.08. The van der Waals surface area contributed by atoms with Crippen LogP contribution >= 0.6 is 0 Å². The second-order valence-electron chi connectivity index (χ2n) is 5.39. The van der Waals surface area contributed by atoms with Crippen LogP contribution in [0.5, 0.6) is 0 Å². The molecule has 3 rings (SSSR count). The lowest BCUT2D eigenvalue weighted by Gasteiger charge is -2.05. The fourth-order valence-electron chi connectivity index (χ4n) is 2.39. The van der Waals surface area contributed by atoms with Gasteiger partial charge in [-0.1, -0.05) is 12.1 Å². The zero-order chi connectivity index (χ0) is 17.8. The molecule has 0 aliphatic carbocycles. The van der Waals surface area contributed by atoms with E-state index in [1.165, 1.54) is 6.07 Å². The number of rotatable bonds is 6. The first-order valence-electron chi connectivity index (χ1n) is 7.80. The maximum absolute atomic E-state index is 11.6. The van der Waals surface area contributed by atoms with E-state index in [0.29, 0.717) is 35.7 Å². The van der Waals surface area contributed by atoms with Crippen LogP contribution in [0.25, 0.3) is 11.0 Å². The fraction of sp³-hybridized carbons (Fsp3) is 0.167. The van der Waals surface area contributed by atoms with E-state index in [-0.39, 0.29) is 11.5 Å². The van der Waals surface area contributed by atoms with Gasteiger partial charge in [0.05, 0.1) is 28.8 Å². The smallest absolute Gasteiger partial charge is 0.338 e. The number of imidazole rings is 1. The molecule has 128 valence electrons. The van der Waals surface area contributed by atoms with Crippen molar-refractivity contribution in [3.63, 3.8) is 0 Å². The molecule has 1 aromatic heterocycles. The Morgan fingerprint density at radius 1 is 1.16 bits per heavy atom. The zero-order valence-electron chi connectivity index (χ0n) is 13.6. The van der Waals surface area contributed by atoms with Gasteiger partial charge in [-0.3, -0.25) is 0 Å². The molecule has 1 heterocycles. The molecule has 25 heavy (non-hydrogen) atoms. The number of aromatic nitrogens is 2. The predicted molar refractivity (Wildman–Crippen MR) is 92.8 cm³/mol. The van der Waals surface area contributed by atoms with Gasteiger partial charge in [0.1, 0.15) is 0 Å². The number of ether oxygens (including phenoxy) is 1. The van der Waals surface area contributed by atoms with Gasteiger partial charge in [-0.2, -0.15) is 0 Å². The van der Waals surface area contributed by atoms with Crippen molar-refractivity contribution >= 4 is 28.9 Å². The Labute approximate surface area is 143 Å². The van der Waals surface area contributed by atoms with Gasteiger partial charge in [0.15, 0.2) is 0 Å². The molecule has 0 bridgehead atoms. The number of hydrogen-bond acceptors (Lipinski definition) is 5. The number of carboxylic acids is 1. The van der Waals surface area contributed by atoms with Crippen LogP contribution in [0, 0.1) is 0 Å². The number of fused-ring (bicyclic) bond motifs is 1. The number of anilines is 1. The highest BCUT2D eigenvalue weighted by Crippen LogP contribution is 2.17. The van der Waals surface area contributed by atoms with Crippen molar-refractivity contribution in [1.82, 2.24) is 9.97 Å². The molecule has 0 unspecified atom stereocenters. The summed E-state index contributed by atoms with van der Waals surface area (Å²) in [7, 11) is 0. The SMILES string of the molecule is CCOC(=O)c1ccc(CNc2nc3ccc(C(=O)O)cc3[nH]2)cc1. The third-order valence-electron chi connectivity index (χ3n) is 3.65. The number of nitrogens with one attached hydrogen (secondary N) is 2. The second-order valence-corrected chi connectivity index (χ2v) is 5.39. The highest BCUT2D eigenvalue weighted by molar-refractivity contribution is 5.92. The van der Waals surface area contributed by atoms with E-state index in [0.717, 1.165) is 5.56 Å². The predicted octanol–water partition coefficient (Wildman–Crippen LogP) is 3.05. The van der Waals surface area contributed by atoms with E-state index in [4.69, 9.17) is 9.84 Å². The minimum Gasteiger partial charge on any atom is -0.478 e. The lowest BCUT2D eigenvalue weighted by atomic mass is 10.1. The van der Waals surface area contributed by atoms with Crippen molar-refractivity contribution in [2.75, 3.05) is 11.9 Å². The Bertz CT molecular complexity index is 916. The normalized spacial score (nSPS) is 10.6. The molecule has 0 amide bonds. The number of carbonyl (C=O) groups excluding carboxylic acids is 1. The first kappa shape index (κ1) is 16.5. The van der Waals surface area contributed by atoms with E-state index in [1.807, 2.05) is 12.1 Å². The number of carboxylic acid groups (broad SMARTS) is 1. The lowest BCUT2D eigenvalue weighted by Crippen LogP contribution is -2.05. The molecule has 0 atom stereocenters. The molecule has 0 radical (unpaired) electrons. The van der Waals surface area contributed by atoms with Crippen molar-refractivity contribution < 1.29 is 19.4 Å². The maximum Gasteiger partial charge on any atom is 0.338 e. The molecule has 0 saturated heterocycles. The molecule has 7 nitrogen and oxygen atoms in total. The van der Waals surface area contributed by atoms with E-state index >= 15 is 0 Å². The largest absolute Gasteiger partial charge is 0.478 e. The standard InChI is InChI=1S/C18H17N3O4/c1-2-25-17(24)12-5-3-11(4-6-12)10-19-18-20-14-8-7-13(16(22)23)9-15(14)21-18/h3-9H,2,10H2,1H3,(H,22,23)(H2,19,20,21). The van der Waals surface area contributed by atoms with Gasteiger partial charge in [0.2, 0.25) is 5.95 Å². The maximum atomic E-state index is 11.6. The zero-order valence-corrected chi connectivity index (χ0v) is 13.6. The molecule has 0 fully saturated rings. The number of aromatic carboxylic acids is 1. The minimum absolute atomic E-state index is 0.206. The summed E-state index contributed by atoms with van der Waals surface area (Å²) in [6.07, 6.45) is 0.